The number of hydrogen-bond acceptors (Lipinski definition) is 8. The van der Waals surface area contributed by atoms with E-state index in [4.69, 9.17) is 9.72 Å². The molecule has 1 aromatic carbocycles. The van der Waals surface area contributed by atoms with Crippen molar-refractivity contribution in [2.24, 2.45) is 0 Å². The van der Waals surface area contributed by atoms with Gasteiger partial charge >= 0.3 is 6.09 Å². The summed E-state index contributed by atoms with van der Waals surface area (Å²) in [6, 6.07) is 8.36. The lowest BCUT2D eigenvalue weighted by Gasteiger charge is -2.36. The maximum Gasteiger partial charge on any atom is 0.410 e. The van der Waals surface area contributed by atoms with Crippen LogP contribution < -0.4 is 10.9 Å². The van der Waals surface area contributed by atoms with Crippen molar-refractivity contribution < 1.29 is 19.0 Å². The molecular weight excluding hydrogens is 553 g/mol. The van der Waals surface area contributed by atoms with Crippen molar-refractivity contribution in [1.82, 2.24) is 29.2 Å². The van der Waals surface area contributed by atoms with E-state index in [9.17, 15) is 19.1 Å². The Morgan fingerprint density at radius 1 is 1.14 bits per heavy atom. The zero-order valence-electron chi connectivity index (χ0n) is 25.0. The quantitative estimate of drug-likeness (QED) is 0.329. The number of aliphatic hydroxyl groups is 1. The van der Waals surface area contributed by atoms with Crippen LogP contribution in [0.25, 0.3) is 16.9 Å². The van der Waals surface area contributed by atoms with Crippen molar-refractivity contribution in [3.63, 3.8) is 0 Å². The molecule has 11 nitrogen and oxygen atoms in total. The number of carbonyl (C=O) groups is 1. The van der Waals surface area contributed by atoms with Crippen LogP contribution in [0.3, 0.4) is 0 Å². The van der Waals surface area contributed by atoms with Crippen molar-refractivity contribution >= 4 is 28.8 Å². The number of ether oxygens (including phenoxy) is 1. The predicted molar refractivity (Wildman–Crippen MR) is 159 cm³/mol. The van der Waals surface area contributed by atoms with E-state index < -0.39 is 17.0 Å². The maximum absolute atomic E-state index is 14.8. The summed E-state index contributed by atoms with van der Waals surface area (Å²) in [5.41, 5.74) is 1.02. The van der Waals surface area contributed by atoms with Gasteiger partial charge in [-0.15, -0.1) is 0 Å². The Labute approximate surface area is 248 Å². The van der Waals surface area contributed by atoms with Crippen LogP contribution in [0.1, 0.15) is 76.7 Å². The molecule has 1 saturated carbocycles. The summed E-state index contributed by atoms with van der Waals surface area (Å²) in [4.78, 5) is 41.3. The van der Waals surface area contributed by atoms with Gasteiger partial charge in [-0.25, -0.2) is 28.5 Å². The molecule has 6 rings (SSSR count). The van der Waals surface area contributed by atoms with E-state index in [1.54, 1.807) is 9.58 Å². The minimum Gasteiger partial charge on any atom is -0.444 e. The molecule has 1 aliphatic heterocycles. The number of carbonyl (C=O) groups excluding carboxylic acids is 1. The van der Waals surface area contributed by atoms with Gasteiger partial charge in [0.1, 0.15) is 28.1 Å². The third-order valence-corrected chi connectivity index (χ3v) is 7.91. The number of halogens is 1. The smallest absolute Gasteiger partial charge is 0.410 e. The lowest BCUT2D eigenvalue weighted by molar-refractivity contribution is -0.0457. The van der Waals surface area contributed by atoms with Crippen LogP contribution in [0.2, 0.25) is 0 Å². The van der Waals surface area contributed by atoms with Crippen molar-refractivity contribution in [3.05, 3.63) is 69.5 Å². The highest BCUT2D eigenvalue weighted by Gasteiger charge is 2.40. The first kappa shape index (κ1) is 28.8. The van der Waals surface area contributed by atoms with E-state index in [1.165, 1.54) is 23.0 Å². The second-order valence-corrected chi connectivity index (χ2v) is 12.6. The summed E-state index contributed by atoms with van der Waals surface area (Å²) in [7, 11) is 0. The molecule has 0 saturated heterocycles. The summed E-state index contributed by atoms with van der Waals surface area (Å²) in [6.07, 6.45) is 3.47. The highest BCUT2D eigenvalue weighted by Crippen LogP contribution is 2.41. The molecule has 4 aromatic rings. The molecule has 0 radical (unpaired) electrons. The summed E-state index contributed by atoms with van der Waals surface area (Å²) in [5, 5.41) is 14.4. The van der Waals surface area contributed by atoms with E-state index in [0.29, 0.717) is 43.4 Å². The lowest BCUT2D eigenvalue weighted by atomic mass is 9.77. The van der Waals surface area contributed by atoms with Crippen LogP contribution in [-0.2, 0) is 23.3 Å². The minimum atomic E-state index is -1.32. The van der Waals surface area contributed by atoms with E-state index in [0.717, 1.165) is 23.2 Å². The number of hydrogen-bond donors (Lipinski definition) is 2. The van der Waals surface area contributed by atoms with Crippen LogP contribution in [0, 0.1) is 5.82 Å². The fourth-order valence-electron chi connectivity index (χ4n) is 5.61. The highest BCUT2D eigenvalue weighted by atomic mass is 19.1. The second-order valence-electron chi connectivity index (χ2n) is 12.6. The zero-order valence-corrected chi connectivity index (χ0v) is 25.0. The van der Waals surface area contributed by atoms with Gasteiger partial charge < -0.3 is 20.1 Å². The first-order chi connectivity index (χ1) is 20.3. The number of fused-ring (bicyclic) bond motifs is 2. The maximum atomic E-state index is 14.8. The molecule has 1 fully saturated rings. The normalized spacial score (nSPS) is 16.2. The van der Waals surface area contributed by atoms with E-state index >= 15 is 0 Å². The van der Waals surface area contributed by atoms with Gasteiger partial charge in [-0.3, -0.25) is 4.79 Å². The number of anilines is 2. The summed E-state index contributed by atoms with van der Waals surface area (Å²) >= 11 is 0. The Morgan fingerprint density at radius 2 is 1.91 bits per heavy atom. The van der Waals surface area contributed by atoms with Crippen molar-refractivity contribution in [3.8, 4) is 5.82 Å². The van der Waals surface area contributed by atoms with Crippen LogP contribution in [-0.4, -0.2) is 52.6 Å². The van der Waals surface area contributed by atoms with Crippen molar-refractivity contribution in [2.75, 3.05) is 11.9 Å². The van der Waals surface area contributed by atoms with Gasteiger partial charge in [-0.05, 0) is 95.7 Å². The van der Waals surface area contributed by atoms with Crippen LogP contribution in [0.4, 0.5) is 20.8 Å². The molecule has 0 unspecified atom stereocenters. The first-order valence-electron chi connectivity index (χ1n) is 14.6. The van der Waals surface area contributed by atoms with Gasteiger partial charge in [0, 0.05) is 31.0 Å². The Kier molecular flexibility index (Phi) is 6.99. The molecule has 0 spiro atoms. The Morgan fingerprint density at radius 3 is 2.58 bits per heavy atom. The molecule has 1 aliphatic carbocycles. The van der Waals surface area contributed by atoms with Gasteiger partial charge in [-0.2, -0.15) is 4.98 Å². The molecule has 2 N–H and O–H groups in total. The van der Waals surface area contributed by atoms with E-state index in [2.05, 4.69) is 15.3 Å². The highest BCUT2D eigenvalue weighted by molar-refractivity contribution is 5.77. The number of aromatic nitrogens is 5. The lowest BCUT2D eigenvalue weighted by Crippen LogP contribution is -2.39. The summed E-state index contributed by atoms with van der Waals surface area (Å²) < 4.78 is 23.4. The summed E-state index contributed by atoms with van der Waals surface area (Å²) in [5.74, 6) is -0.0294. The molecule has 12 heteroatoms. The molecular formula is C31H36FN7O4. The van der Waals surface area contributed by atoms with Crippen molar-refractivity contribution in [1.29, 1.82) is 0 Å². The fourth-order valence-corrected chi connectivity index (χ4v) is 5.61. The van der Waals surface area contributed by atoms with Gasteiger partial charge in [0.2, 0.25) is 5.95 Å². The fraction of sp³-hybridized carbons (Fsp3) is 0.452. The van der Waals surface area contributed by atoms with Crippen LogP contribution >= 0.6 is 0 Å². The number of benzene rings is 1. The molecule has 226 valence electrons. The largest absolute Gasteiger partial charge is 0.444 e. The Balaban J connectivity index is 1.33. The van der Waals surface area contributed by atoms with Gasteiger partial charge in [0.25, 0.3) is 5.56 Å². The van der Waals surface area contributed by atoms with Gasteiger partial charge in [0.05, 0.1) is 0 Å². The monoisotopic (exact) mass is 589 g/mol. The van der Waals surface area contributed by atoms with E-state index in [-0.39, 0.29) is 35.2 Å². The van der Waals surface area contributed by atoms with Gasteiger partial charge in [-0.1, -0.05) is 6.07 Å². The molecule has 1 amide bonds. The zero-order chi connectivity index (χ0) is 30.7. The molecule has 2 aliphatic rings. The topological polar surface area (TPSA) is 127 Å². The number of amides is 1. The first-order valence-corrected chi connectivity index (χ1v) is 14.6. The molecule has 3 aromatic heterocycles. The van der Waals surface area contributed by atoms with E-state index in [1.807, 2.05) is 52.8 Å². The molecule has 0 atom stereocenters. The Hall–Kier alpha value is -4.32. The minimum absolute atomic E-state index is 0.0208. The third-order valence-electron chi connectivity index (χ3n) is 7.91. The standard InChI is InChI=1S/C31H36FN7O4/c1-18(2)38-27(40)22-16-33-28(36-26(22)39(38)24-10-9-23(32)25(35-24)31(42)12-6-13-31)34-21-8-7-20-17-37(14-11-19(20)15-21)29(41)43-30(3,4)5/h7-10,15-16,18,42H,6,11-14,17H2,1-5H3,(H,33,34,36). The molecule has 4 heterocycles. The van der Waals surface area contributed by atoms with Gasteiger partial charge in [0.15, 0.2) is 11.5 Å². The number of pyridine rings is 1. The average Bonchev–Trinajstić information content (AvgIpc) is 3.22. The number of nitrogens with zero attached hydrogens (tertiary/aromatic N) is 6. The SMILES string of the molecule is CC(C)n1c(=O)c2cnc(Nc3ccc4c(c3)CCN(C(=O)OC(C)(C)C)C4)nc2n1-c1ccc(F)c(C2(O)CCC2)n1. The number of rotatable bonds is 5. The Bertz CT molecular complexity index is 1790. The van der Waals surface area contributed by atoms with Crippen molar-refractivity contribution in [2.45, 2.75) is 84.1 Å². The van der Waals surface area contributed by atoms with Crippen LogP contribution in [0.15, 0.2) is 41.3 Å². The molecule has 43 heavy (non-hydrogen) atoms. The number of nitrogens with one attached hydrogen (secondary N) is 1. The second kappa shape index (κ2) is 10.4. The third kappa shape index (κ3) is 5.35. The predicted octanol–water partition coefficient (Wildman–Crippen LogP) is 5.11. The molecule has 0 bridgehead atoms. The average molecular weight is 590 g/mol. The van der Waals surface area contributed by atoms with Crippen LogP contribution in [0.5, 0.6) is 0 Å². The summed E-state index contributed by atoms with van der Waals surface area (Å²) in [6.45, 7) is 10.3.